The number of amides is 3. The molecule has 0 saturated carbocycles. The third kappa shape index (κ3) is 8.73. The van der Waals surface area contributed by atoms with Crippen LogP contribution in [0.5, 0.6) is 0 Å². The Hall–Kier alpha value is -2.10. The van der Waals surface area contributed by atoms with Crippen LogP contribution in [0, 0.1) is 5.92 Å². The number of ether oxygens (including phenoxy) is 1. The molecule has 0 heterocycles. The van der Waals surface area contributed by atoms with Gasteiger partial charge in [0.15, 0.2) is 11.7 Å². The number of hydrogen-bond donors (Lipinski definition) is 2. The minimum absolute atomic E-state index is 0.115. The van der Waals surface area contributed by atoms with Crippen molar-refractivity contribution in [2.75, 3.05) is 20.7 Å². The van der Waals surface area contributed by atoms with Gasteiger partial charge in [0.25, 0.3) is 5.91 Å². The molecule has 0 aromatic rings. The molecule has 1 unspecified atom stereocenters. The highest BCUT2D eigenvalue weighted by Gasteiger charge is 2.35. The molecule has 0 rings (SSSR count). The van der Waals surface area contributed by atoms with Gasteiger partial charge < -0.3 is 20.3 Å². The Labute approximate surface area is 170 Å². The van der Waals surface area contributed by atoms with Crippen molar-refractivity contribution in [3.63, 3.8) is 0 Å². The van der Waals surface area contributed by atoms with Crippen LogP contribution in [0.4, 0.5) is 0 Å². The Morgan fingerprint density at radius 2 is 1.61 bits per heavy atom. The molecule has 2 atom stereocenters. The van der Waals surface area contributed by atoms with Gasteiger partial charge >= 0.3 is 5.97 Å². The van der Waals surface area contributed by atoms with Gasteiger partial charge in [-0.1, -0.05) is 25.6 Å². The lowest BCUT2D eigenvalue weighted by Crippen LogP contribution is -2.59. The third-order valence-corrected chi connectivity index (χ3v) is 5.04. The van der Waals surface area contributed by atoms with Crippen LogP contribution in [0.2, 0.25) is 0 Å². The number of carbonyl (C=O) groups is 5. The second-order valence-corrected chi connectivity index (χ2v) is 8.80. The number of esters is 1. The van der Waals surface area contributed by atoms with Crippen LogP contribution < -0.4 is 10.6 Å². The van der Waals surface area contributed by atoms with E-state index in [2.05, 4.69) is 10.6 Å². The van der Waals surface area contributed by atoms with E-state index in [-0.39, 0.29) is 16.9 Å². The lowest BCUT2D eigenvalue weighted by molar-refractivity contribution is -0.153. The molecule has 0 aliphatic rings. The number of thioether (sulfide) groups is 1. The second-order valence-electron chi connectivity index (χ2n) is 7.48. The average Bonchev–Trinajstić information content (AvgIpc) is 2.55. The van der Waals surface area contributed by atoms with Crippen LogP contribution in [0.1, 0.15) is 41.5 Å². The van der Waals surface area contributed by atoms with Crippen molar-refractivity contribution in [2.24, 2.45) is 5.92 Å². The van der Waals surface area contributed by atoms with E-state index in [9.17, 15) is 24.0 Å². The highest BCUT2D eigenvalue weighted by molar-refractivity contribution is 8.14. The summed E-state index contributed by atoms with van der Waals surface area (Å²) < 4.78 is 4.86. The summed E-state index contributed by atoms with van der Waals surface area (Å²) in [5.41, 5.74) is -1.32. The topological polar surface area (TPSA) is 122 Å². The van der Waals surface area contributed by atoms with Crippen molar-refractivity contribution in [3.8, 4) is 0 Å². The third-order valence-electron chi connectivity index (χ3n) is 3.70. The Morgan fingerprint density at radius 3 is 2.04 bits per heavy atom. The van der Waals surface area contributed by atoms with Gasteiger partial charge in [0.05, 0.1) is 5.25 Å². The van der Waals surface area contributed by atoms with Crippen LogP contribution in [0.15, 0.2) is 0 Å². The summed E-state index contributed by atoms with van der Waals surface area (Å²) in [7, 11) is 3.06. The fourth-order valence-corrected chi connectivity index (χ4v) is 2.73. The fourth-order valence-electron chi connectivity index (χ4n) is 1.93. The zero-order valence-electron chi connectivity index (χ0n) is 17.7. The summed E-state index contributed by atoms with van der Waals surface area (Å²) in [6.45, 7) is 8.96. The van der Waals surface area contributed by atoms with Crippen LogP contribution in [-0.2, 0) is 28.7 Å². The zero-order chi connectivity index (χ0) is 22.2. The first-order valence-electron chi connectivity index (χ1n) is 8.86. The highest BCUT2D eigenvalue weighted by atomic mass is 32.2. The number of rotatable bonds is 9. The first-order chi connectivity index (χ1) is 12.7. The monoisotopic (exact) mass is 417 g/mol. The van der Waals surface area contributed by atoms with Crippen molar-refractivity contribution in [1.82, 2.24) is 15.5 Å². The van der Waals surface area contributed by atoms with Crippen molar-refractivity contribution in [1.29, 1.82) is 0 Å². The Bertz CT molecular complexity index is 618. The molecule has 0 saturated heterocycles. The predicted octanol–water partition coefficient (Wildman–Crippen LogP) is 0.322. The van der Waals surface area contributed by atoms with Crippen LogP contribution in [0.25, 0.3) is 0 Å². The summed E-state index contributed by atoms with van der Waals surface area (Å²) >= 11 is 0.906. The van der Waals surface area contributed by atoms with Crippen LogP contribution in [-0.4, -0.2) is 71.2 Å². The maximum atomic E-state index is 12.5. The van der Waals surface area contributed by atoms with E-state index in [0.29, 0.717) is 0 Å². The number of likely N-dealkylation sites (N-methyl/N-ethyl adjacent to an activating group) is 1. The second kappa shape index (κ2) is 11.0. The maximum absolute atomic E-state index is 12.5. The molecule has 10 heteroatoms. The molecule has 0 aromatic heterocycles. The number of hydrogen-bond acceptors (Lipinski definition) is 7. The molecule has 0 aliphatic heterocycles. The first kappa shape index (κ1) is 25.9. The minimum Gasteiger partial charge on any atom is -0.454 e. The van der Waals surface area contributed by atoms with Gasteiger partial charge in [-0.05, 0) is 26.7 Å². The van der Waals surface area contributed by atoms with Crippen molar-refractivity contribution in [3.05, 3.63) is 0 Å². The molecule has 160 valence electrons. The standard InChI is InChI=1S/C18H31N3O6S/c1-10(2)14(28-12(4)22)15(24)20-18(5,6)17(26)19-11(3)16(25)27-9-13(23)21(7)8/h10-11,14H,9H2,1-8H3,(H,19,26)(H,20,24)/t11-,14?/m0/s1. The van der Waals surface area contributed by atoms with E-state index >= 15 is 0 Å². The molecule has 0 bridgehead atoms. The molecule has 0 fully saturated rings. The molecular formula is C18H31N3O6S. The summed E-state index contributed by atoms with van der Waals surface area (Å²) in [6, 6.07) is -1.01. The zero-order valence-corrected chi connectivity index (χ0v) is 18.6. The van der Waals surface area contributed by atoms with Gasteiger partial charge in [-0.25, -0.2) is 4.79 Å². The van der Waals surface area contributed by atoms with Gasteiger partial charge in [0.1, 0.15) is 11.6 Å². The van der Waals surface area contributed by atoms with E-state index in [1.54, 1.807) is 13.8 Å². The molecule has 0 spiro atoms. The van der Waals surface area contributed by atoms with E-state index in [0.717, 1.165) is 11.8 Å². The maximum Gasteiger partial charge on any atom is 0.328 e. The molecular weight excluding hydrogens is 386 g/mol. The summed E-state index contributed by atoms with van der Waals surface area (Å²) in [5.74, 6) is -2.31. The quantitative estimate of drug-likeness (QED) is 0.518. The minimum atomic E-state index is -1.32. The molecule has 28 heavy (non-hydrogen) atoms. The molecule has 0 aromatic carbocycles. The smallest absolute Gasteiger partial charge is 0.328 e. The molecule has 9 nitrogen and oxygen atoms in total. The highest BCUT2D eigenvalue weighted by Crippen LogP contribution is 2.21. The predicted molar refractivity (Wildman–Crippen MR) is 106 cm³/mol. The van der Waals surface area contributed by atoms with Gasteiger partial charge in [-0.3, -0.25) is 19.2 Å². The fraction of sp³-hybridized carbons (Fsp3) is 0.722. The molecule has 3 amide bonds. The summed E-state index contributed by atoms with van der Waals surface area (Å²) in [4.78, 5) is 61.0. The Balaban J connectivity index is 4.87. The van der Waals surface area contributed by atoms with Crippen LogP contribution in [0.3, 0.4) is 0 Å². The van der Waals surface area contributed by atoms with Gasteiger partial charge in [-0.15, -0.1) is 0 Å². The lowest BCUT2D eigenvalue weighted by atomic mass is 10.0. The first-order valence-corrected chi connectivity index (χ1v) is 9.74. The molecule has 0 radical (unpaired) electrons. The summed E-state index contributed by atoms with van der Waals surface area (Å²) in [6.07, 6.45) is 0. The molecule has 0 aliphatic carbocycles. The van der Waals surface area contributed by atoms with Gasteiger partial charge in [-0.2, -0.15) is 0 Å². The van der Waals surface area contributed by atoms with Crippen LogP contribution >= 0.6 is 11.8 Å². The van der Waals surface area contributed by atoms with E-state index in [4.69, 9.17) is 4.74 Å². The van der Waals surface area contributed by atoms with Crippen molar-refractivity contribution >= 4 is 40.6 Å². The lowest BCUT2D eigenvalue weighted by Gasteiger charge is -2.29. The average molecular weight is 418 g/mol. The van der Waals surface area contributed by atoms with Gasteiger partial charge in [0.2, 0.25) is 11.8 Å². The Kier molecular flexibility index (Phi) is 10.2. The van der Waals surface area contributed by atoms with Crippen molar-refractivity contribution in [2.45, 2.75) is 58.4 Å². The SMILES string of the molecule is CC(=O)SC(C(=O)NC(C)(C)C(=O)N[C@@H](C)C(=O)OCC(=O)N(C)C)C(C)C. The largest absolute Gasteiger partial charge is 0.454 e. The molecule has 2 N–H and O–H groups in total. The summed E-state index contributed by atoms with van der Waals surface area (Å²) in [5, 5.41) is 4.25. The normalized spacial score (nSPS) is 13.3. The van der Waals surface area contributed by atoms with Gasteiger partial charge in [0, 0.05) is 21.0 Å². The van der Waals surface area contributed by atoms with Crippen molar-refractivity contribution < 1.29 is 28.7 Å². The number of carbonyl (C=O) groups excluding carboxylic acids is 5. The number of nitrogens with zero attached hydrogens (tertiary/aromatic N) is 1. The van der Waals surface area contributed by atoms with E-state index in [1.807, 2.05) is 0 Å². The van der Waals surface area contributed by atoms with E-state index < -0.39 is 41.2 Å². The van der Waals surface area contributed by atoms with E-state index in [1.165, 1.54) is 46.7 Å². The number of nitrogens with one attached hydrogen (secondary N) is 2. The Morgan fingerprint density at radius 1 is 1.07 bits per heavy atom.